The van der Waals surface area contributed by atoms with Crippen LogP contribution in [0, 0.1) is 0 Å². The average Bonchev–Trinajstić information content (AvgIpc) is 3.54. The first-order chi connectivity index (χ1) is 18.1. The summed E-state index contributed by atoms with van der Waals surface area (Å²) in [5.74, 6) is 1.75. The summed E-state index contributed by atoms with van der Waals surface area (Å²) in [6.45, 7) is 8.36. The number of fused-ring (bicyclic) bond motifs is 2. The van der Waals surface area contributed by atoms with E-state index in [0.29, 0.717) is 18.4 Å². The molecule has 0 N–H and O–H groups in total. The first kappa shape index (κ1) is 23.2. The molecule has 0 saturated carbocycles. The van der Waals surface area contributed by atoms with Crippen molar-refractivity contribution >= 4 is 11.6 Å². The third-order valence-corrected chi connectivity index (χ3v) is 7.21. The van der Waals surface area contributed by atoms with Crippen molar-refractivity contribution in [1.82, 2.24) is 24.4 Å². The van der Waals surface area contributed by atoms with Crippen LogP contribution in [0.25, 0.3) is 28.2 Å². The maximum absolute atomic E-state index is 11.9. The molecule has 4 aromatic rings. The molecule has 8 heteroatoms. The molecule has 4 heterocycles. The van der Waals surface area contributed by atoms with Crippen molar-refractivity contribution in [2.75, 3.05) is 46.4 Å². The predicted octanol–water partition coefficient (Wildman–Crippen LogP) is 3.88. The number of aromatic nitrogens is 3. The number of hydrogen-bond acceptors (Lipinski definition) is 6. The Balaban J connectivity index is 1.29. The molecule has 1 atom stereocenters. The Bertz CT molecular complexity index is 1460. The van der Waals surface area contributed by atoms with Crippen molar-refractivity contribution in [3.05, 3.63) is 78.9 Å². The van der Waals surface area contributed by atoms with Gasteiger partial charge in [0.15, 0.2) is 5.65 Å². The Morgan fingerprint density at radius 1 is 1.08 bits per heavy atom. The minimum absolute atomic E-state index is 0.0113. The Labute approximate surface area is 215 Å². The maximum atomic E-state index is 11.9. The third kappa shape index (κ3) is 4.34. The standard InChI is InChI=1S/C29H29N5O3/c1-3-27(35)33-15-13-32(14-16-33)18-22-19-37-24-17-21(9-10-23(22)24)28-29(20-7-5-4-6-8-20)34-25(30-28)11-12-26(31-34)36-2/h3-12,17,22H,1,13-16,18-19H2,2H3. The van der Waals surface area contributed by atoms with Gasteiger partial charge in [0.25, 0.3) is 0 Å². The van der Waals surface area contributed by atoms with Crippen LogP contribution >= 0.6 is 0 Å². The van der Waals surface area contributed by atoms with Crippen LogP contribution in [0.1, 0.15) is 11.5 Å². The molecular weight excluding hydrogens is 466 g/mol. The summed E-state index contributed by atoms with van der Waals surface area (Å²) >= 11 is 0. The van der Waals surface area contributed by atoms with E-state index in [1.165, 1.54) is 11.6 Å². The van der Waals surface area contributed by atoms with Gasteiger partial charge in [0.2, 0.25) is 11.8 Å². The molecule has 1 amide bonds. The maximum Gasteiger partial charge on any atom is 0.246 e. The number of imidazole rings is 1. The van der Waals surface area contributed by atoms with Crippen LogP contribution in [-0.2, 0) is 4.79 Å². The summed E-state index contributed by atoms with van der Waals surface area (Å²) in [4.78, 5) is 21.1. The summed E-state index contributed by atoms with van der Waals surface area (Å²) in [5.41, 5.74) is 5.75. The number of hydrogen-bond donors (Lipinski definition) is 0. The number of benzene rings is 2. The summed E-state index contributed by atoms with van der Waals surface area (Å²) in [7, 11) is 1.61. The lowest BCUT2D eigenvalue weighted by atomic mass is 9.97. The minimum atomic E-state index is 0.0113. The van der Waals surface area contributed by atoms with E-state index in [1.54, 1.807) is 7.11 Å². The second-order valence-corrected chi connectivity index (χ2v) is 9.41. The molecule has 2 aromatic heterocycles. The zero-order valence-electron chi connectivity index (χ0n) is 20.8. The molecule has 2 aliphatic rings. The molecule has 0 spiro atoms. The number of carbonyl (C=O) groups excluding carboxylic acids is 1. The quantitative estimate of drug-likeness (QED) is 0.378. The molecule has 8 nitrogen and oxygen atoms in total. The first-order valence-corrected chi connectivity index (χ1v) is 12.5. The zero-order valence-corrected chi connectivity index (χ0v) is 20.8. The number of methoxy groups -OCH3 is 1. The molecule has 0 radical (unpaired) electrons. The highest BCUT2D eigenvalue weighted by molar-refractivity contribution is 5.87. The summed E-state index contributed by atoms with van der Waals surface area (Å²) < 4.78 is 13.4. The van der Waals surface area contributed by atoms with Crippen LogP contribution in [0.15, 0.2) is 73.3 Å². The smallest absolute Gasteiger partial charge is 0.246 e. The summed E-state index contributed by atoms with van der Waals surface area (Å²) in [5, 5.41) is 4.65. The fourth-order valence-corrected chi connectivity index (χ4v) is 5.25. The molecule has 1 unspecified atom stereocenters. The molecule has 1 saturated heterocycles. The molecule has 2 aromatic carbocycles. The number of amides is 1. The van der Waals surface area contributed by atoms with Crippen molar-refractivity contribution in [3.63, 3.8) is 0 Å². The van der Waals surface area contributed by atoms with Gasteiger partial charge in [-0.1, -0.05) is 49.0 Å². The lowest BCUT2D eigenvalue weighted by Crippen LogP contribution is -2.49. The Kier molecular flexibility index (Phi) is 6.10. The largest absolute Gasteiger partial charge is 0.493 e. The van der Waals surface area contributed by atoms with Gasteiger partial charge in [-0.15, -0.1) is 5.10 Å². The fraction of sp³-hybridized carbons (Fsp3) is 0.276. The van der Waals surface area contributed by atoms with Gasteiger partial charge < -0.3 is 14.4 Å². The number of nitrogens with zero attached hydrogens (tertiary/aromatic N) is 5. The van der Waals surface area contributed by atoms with E-state index in [9.17, 15) is 4.79 Å². The van der Waals surface area contributed by atoms with E-state index in [2.05, 4.69) is 46.9 Å². The van der Waals surface area contributed by atoms with Gasteiger partial charge in [0, 0.05) is 61.4 Å². The molecule has 37 heavy (non-hydrogen) atoms. The minimum Gasteiger partial charge on any atom is -0.493 e. The van der Waals surface area contributed by atoms with Crippen molar-refractivity contribution < 1.29 is 14.3 Å². The Morgan fingerprint density at radius 3 is 2.65 bits per heavy atom. The van der Waals surface area contributed by atoms with E-state index in [0.717, 1.165) is 66.6 Å². The molecular formula is C29H29N5O3. The first-order valence-electron chi connectivity index (χ1n) is 12.5. The van der Waals surface area contributed by atoms with Crippen LogP contribution in [0.5, 0.6) is 11.6 Å². The van der Waals surface area contributed by atoms with Gasteiger partial charge in [-0.25, -0.2) is 9.50 Å². The normalized spacial score (nSPS) is 17.4. The SMILES string of the molecule is C=CC(=O)N1CCN(CC2COc3cc(-c4nc5ccc(OC)nn5c4-c4ccccc4)ccc32)CC1. The van der Waals surface area contributed by atoms with Crippen molar-refractivity contribution in [3.8, 4) is 34.1 Å². The van der Waals surface area contributed by atoms with E-state index in [-0.39, 0.29) is 5.91 Å². The van der Waals surface area contributed by atoms with E-state index in [4.69, 9.17) is 14.5 Å². The highest BCUT2D eigenvalue weighted by Gasteiger charge is 2.29. The number of ether oxygens (including phenoxy) is 2. The van der Waals surface area contributed by atoms with Crippen LogP contribution < -0.4 is 9.47 Å². The van der Waals surface area contributed by atoms with Gasteiger partial charge in [-0.05, 0) is 18.2 Å². The topological polar surface area (TPSA) is 72.2 Å². The summed E-state index contributed by atoms with van der Waals surface area (Å²) in [6, 6.07) is 20.3. The van der Waals surface area contributed by atoms with Gasteiger partial charge in [-0.2, -0.15) is 0 Å². The van der Waals surface area contributed by atoms with Crippen LogP contribution in [0.4, 0.5) is 0 Å². The van der Waals surface area contributed by atoms with Gasteiger partial charge >= 0.3 is 0 Å². The number of carbonyl (C=O) groups is 1. The Hall–Kier alpha value is -4.17. The van der Waals surface area contributed by atoms with Crippen molar-refractivity contribution in [1.29, 1.82) is 0 Å². The fourth-order valence-electron chi connectivity index (χ4n) is 5.25. The monoisotopic (exact) mass is 495 g/mol. The van der Waals surface area contributed by atoms with Crippen LogP contribution in [0.2, 0.25) is 0 Å². The summed E-state index contributed by atoms with van der Waals surface area (Å²) in [6.07, 6.45) is 1.40. The molecule has 0 bridgehead atoms. The molecule has 1 fully saturated rings. The lowest BCUT2D eigenvalue weighted by Gasteiger charge is -2.35. The second-order valence-electron chi connectivity index (χ2n) is 9.41. The van der Waals surface area contributed by atoms with E-state index >= 15 is 0 Å². The van der Waals surface area contributed by atoms with Crippen molar-refractivity contribution in [2.24, 2.45) is 0 Å². The zero-order chi connectivity index (χ0) is 25.4. The van der Waals surface area contributed by atoms with Crippen LogP contribution in [0.3, 0.4) is 0 Å². The average molecular weight is 496 g/mol. The predicted molar refractivity (Wildman–Crippen MR) is 142 cm³/mol. The van der Waals surface area contributed by atoms with Gasteiger partial charge in [0.1, 0.15) is 11.4 Å². The van der Waals surface area contributed by atoms with Crippen LogP contribution in [-0.4, -0.2) is 76.7 Å². The van der Waals surface area contributed by atoms with Gasteiger partial charge in [0.05, 0.1) is 19.4 Å². The van der Waals surface area contributed by atoms with E-state index in [1.807, 2.05) is 39.7 Å². The molecule has 0 aliphatic carbocycles. The molecule has 188 valence electrons. The highest BCUT2D eigenvalue weighted by Crippen LogP contribution is 2.40. The number of rotatable bonds is 6. The highest BCUT2D eigenvalue weighted by atomic mass is 16.5. The van der Waals surface area contributed by atoms with Gasteiger partial charge in [-0.3, -0.25) is 9.69 Å². The second kappa shape index (κ2) is 9.71. The van der Waals surface area contributed by atoms with E-state index < -0.39 is 0 Å². The number of piperazine rings is 1. The van der Waals surface area contributed by atoms with Crippen molar-refractivity contribution in [2.45, 2.75) is 5.92 Å². The molecule has 6 rings (SSSR count). The third-order valence-electron chi connectivity index (χ3n) is 7.21. The molecule has 2 aliphatic heterocycles. The lowest BCUT2D eigenvalue weighted by molar-refractivity contribution is -0.127. The Morgan fingerprint density at radius 2 is 1.89 bits per heavy atom.